The van der Waals surface area contributed by atoms with Gasteiger partial charge >= 0.3 is 5.91 Å². The van der Waals surface area contributed by atoms with E-state index in [1.807, 2.05) is 5.43 Å². The fourth-order valence-corrected chi connectivity index (χ4v) is 0.840. The first kappa shape index (κ1) is 8.76. The van der Waals surface area contributed by atoms with Gasteiger partial charge in [0.25, 0.3) is 0 Å². The number of nitrogens with two attached hydrogens (primary N) is 1. The van der Waals surface area contributed by atoms with E-state index >= 15 is 0 Å². The zero-order valence-corrected chi connectivity index (χ0v) is 6.76. The number of nitrogens with one attached hydrogen (secondary N) is 2. The molecule has 12 heavy (non-hydrogen) atoms. The van der Waals surface area contributed by atoms with Crippen molar-refractivity contribution in [3.63, 3.8) is 0 Å². The number of hydrogen-bond donors (Lipinski definition) is 3. The van der Waals surface area contributed by atoms with Crippen LogP contribution in [0.2, 0.25) is 0 Å². The predicted molar refractivity (Wildman–Crippen MR) is 43.1 cm³/mol. The Morgan fingerprint density at radius 1 is 1.67 bits per heavy atom. The lowest BCUT2D eigenvalue weighted by Crippen LogP contribution is -2.29. The van der Waals surface area contributed by atoms with Gasteiger partial charge in [0.2, 0.25) is 0 Å². The second kappa shape index (κ2) is 3.89. The summed E-state index contributed by atoms with van der Waals surface area (Å²) in [7, 11) is 1.80. The fourth-order valence-electron chi connectivity index (χ4n) is 0.840. The maximum absolute atomic E-state index is 10.9. The minimum atomic E-state index is -0.419. The van der Waals surface area contributed by atoms with Crippen LogP contribution in [0.5, 0.6) is 0 Å². The molecular formula is C7H11N3O2. The van der Waals surface area contributed by atoms with Gasteiger partial charge in [0.15, 0.2) is 5.76 Å². The molecule has 1 heterocycles. The van der Waals surface area contributed by atoms with E-state index in [0.717, 1.165) is 0 Å². The molecule has 0 unspecified atom stereocenters. The maximum atomic E-state index is 10.9. The van der Waals surface area contributed by atoms with Crippen molar-refractivity contribution in [2.24, 2.45) is 5.84 Å². The van der Waals surface area contributed by atoms with Gasteiger partial charge in [0, 0.05) is 0 Å². The molecule has 0 aliphatic carbocycles. The highest BCUT2D eigenvalue weighted by molar-refractivity contribution is 5.90. The monoisotopic (exact) mass is 169 g/mol. The molecule has 4 N–H and O–H groups in total. The number of rotatable bonds is 3. The van der Waals surface area contributed by atoms with Gasteiger partial charge < -0.3 is 9.73 Å². The molecule has 0 saturated heterocycles. The summed E-state index contributed by atoms with van der Waals surface area (Å²) in [6.07, 6.45) is 0. The summed E-state index contributed by atoms with van der Waals surface area (Å²) in [6.45, 7) is 0.595. The van der Waals surface area contributed by atoms with Crippen LogP contribution in [0.1, 0.15) is 16.3 Å². The molecule has 0 fully saturated rings. The summed E-state index contributed by atoms with van der Waals surface area (Å²) in [5.74, 6) is 5.42. The first-order chi connectivity index (χ1) is 5.77. The topological polar surface area (TPSA) is 80.3 Å². The van der Waals surface area contributed by atoms with Crippen LogP contribution in [0, 0.1) is 0 Å². The molecular weight excluding hydrogens is 158 g/mol. The second-order valence-electron chi connectivity index (χ2n) is 2.27. The Morgan fingerprint density at radius 3 is 3.00 bits per heavy atom. The summed E-state index contributed by atoms with van der Waals surface area (Å²) < 4.78 is 5.12. The molecule has 0 atom stereocenters. The lowest BCUT2D eigenvalue weighted by atomic mass is 10.4. The molecule has 0 saturated carbocycles. The molecule has 1 aromatic rings. The van der Waals surface area contributed by atoms with Crippen molar-refractivity contribution in [3.05, 3.63) is 23.7 Å². The van der Waals surface area contributed by atoms with Crippen LogP contribution in [0.15, 0.2) is 16.5 Å². The number of amides is 1. The van der Waals surface area contributed by atoms with Crippen molar-refractivity contribution in [1.82, 2.24) is 10.7 Å². The van der Waals surface area contributed by atoms with E-state index in [9.17, 15) is 4.79 Å². The smallest absolute Gasteiger partial charge is 0.300 e. The maximum Gasteiger partial charge on any atom is 0.300 e. The van der Waals surface area contributed by atoms with E-state index in [0.29, 0.717) is 12.3 Å². The molecule has 66 valence electrons. The van der Waals surface area contributed by atoms with Crippen molar-refractivity contribution in [1.29, 1.82) is 0 Å². The summed E-state index contributed by atoms with van der Waals surface area (Å²) >= 11 is 0. The van der Waals surface area contributed by atoms with Crippen LogP contribution in [0.25, 0.3) is 0 Å². The van der Waals surface area contributed by atoms with Crippen LogP contribution in [0.4, 0.5) is 0 Å². The fraction of sp³-hybridized carbons (Fsp3) is 0.286. The van der Waals surface area contributed by atoms with Crippen molar-refractivity contribution in [2.75, 3.05) is 7.05 Å². The highest BCUT2D eigenvalue weighted by atomic mass is 16.4. The predicted octanol–water partition coefficient (Wildman–Crippen LogP) is -0.398. The third-order valence-electron chi connectivity index (χ3n) is 1.37. The van der Waals surface area contributed by atoms with Crippen LogP contribution < -0.4 is 16.6 Å². The minimum absolute atomic E-state index is 0.225. The third-order valence-corrected chi connectivity index (χ3v) is 1.37. The average Bonchev–Trinajstić information content (AvgIpc) is 2.52. The SMILES string of the molecule is CNCc1ccc(C(=O)NN)o1. The number of hydrazine groups is 1. The Balaban J connectivity index is 2.70. The normalized spacial score (nSPS) is 9.83. The molecule has 5 heteroatoms. The Hall–Kier alpha value is -1.33. The van der Waals surface area contributed by atoms with Crippen LogP contribution in [-0.2, 0) is 6.54 Å². The van der Waals surface area contributed by atoms with Gasteiger partial charge in [-0.25, -0.2) is 5.84 Å². The van der Waals surface area contributed by atoms with E-state index in [1.165, 1.54) is 0 Å². The van der Waals surface area contributed by atoms with Gasteiger partial charge in [-0.15, -0.1) is 0 Å². The van der Waals surface area contributed by atoms with Gasteiger partial charge in [0.05, 0.1) is 6.54 Å². The first-order valence-electron chi connectivity index (χ1n) is 3.52. The third kappa shape index (κ3) is 1.84. The molecule has 0 aliphatic rings. The molecule has 0 spiro atoms. The molecule has 1 aromatic heterocycles. The van der Waals surface area contributed by atoms with E-state index < -0.39 is 5.91 Å². The first-order valence-corrected chi connectivity index (χ1v) is 3.52. The van der Waals surface area contributed by atoms with E-state index in [-0.39, 0.29) is 5.76 Å². The number of hydrogen-bond acceptors (Lipinski definition) is 4. The van der Waals surface area contributed by atoms with Gasteiger partial charge in [-0.3, -0.25) is 10.2 Å². The summed E-state index contributed by atoms with van der Waals surface area (Å²) in [4.78, 5) is 10.9. The minimum Gasteiger partial charge on any atom is -0.455 e. The second-order valence-corrected chi connectivity index (χ2v) is 2.27. The summed E-state index contributed by atoms with van der Waals surface area (Å²) in [5.41, 5.74) is 1.98. The Labute approximate surface area is 69.9 Å². The Kier molecular flexibility index (Phi) is 2.84. The van der Waals surface area contributed by atoms with Gasteiger partial charge in [0.1, 0.15) is 5.76 Å². The standard InChI is InChI=1S/C7H11N3O2/c1-9-4-5-2-3-6(12-5)7(11)10-8/h2-3,9H,4,8H2,1H3,(H,10,11). The molecule has 0 radical (unpaired) electrons. The quantitative estimate of drug-likeness (QED) is 0.327. The van der Waals surface area contributed by atoms with Gasteiger partial charge in [-0.05, 0) is 19.2 Å². The summed E-state index contributed by atoms with van der Waals surface area (Å²) in [6, 6.07) is 3.30. The summed E-state index contributed by atoms with van der Waals surface area (Å²) in [5, 5.41) is 2.90. The number of carbonyl (C=O) groups is 1. The van der Waals surface area contributed by atoms with E-state index in [4.69, 9.17) is 10.3 Å². The molecule has 1 rings (SSSR count). The van der Waals surface area contributed by atoms with Gasteiger partial charge in [-0.1, -0.05) is 0 Å². The van der Waals surface area contributed by atoms with Crippen molar-refractivity contribution in [3.8, 4) is 0 Å². The highest BCUT2D eigenvalue weighted by Crippen LogP contribution is 2.06. The Morgan fingerprint density at radius 2 is 2.42 bits per heavy atom. The Bertz CT molecular complexity index is 269. The van der Waals surface area contributed by atoms with Gasteiger partial charge in [-0.2, -0.15) is 0 Å². The largest absolute Gasteiger partial charge is 0.455 e. The zero-order valence-electron chi connectivity index (χ0n) is 6.76. The van der Waals surface area contributed by atoms with Crippen LogP contribution in [-0.4, -0.2) is 13.0 Å². The van der Waals surface area contributed by atoms with Crippen molar-refractivity contribution < 1.29 is 9.21 Å². The number of carbonyl (C=O) groups excluding carboxylic acids is 1. The van der Waals surface area contributed by atoms with Crippen LogP contribution >= 0.6 is 0 Å². The molecule has 0 aliphatic heterocycles. The molecule has 0 aromatic carbocycles. The zero-order chi connectivity index (χ0) is 8.97. The lowest BCUT2D eigenvalue weighted by molar-refractivity contribution is 0.0924. The number of furan rings is 1. The lowest BCUT2D eigenvalue weighted by Gasteiger charge is -1.94. The van der Waals surface area contributed by atoms with Crippen molar-refractivity contribution >= 4 is 5.91 Å². The highest BCUT2D eigenvalue weighted by Gasteiger charge is 2.08. The van der Waals surface area contributed by atoms with Crippen LogP contribution in [0.3, 0.4) is 0 Å². The van der Waals surface area contributed by atoms with Crippen molar-refractivity contribution in [2.45, 2.75) is 6.54 Å². The average molecular weight is 169 g/mol. The molecule has 1 amide bonds. The molecule has 0 bridgehead atoms. The molecule has 5 nitrogen and oxygen atoms in total. The van der Waals surface area contributed by atoms with E-state index in [2.05, 4.69) is 5.32 Å². The number of nitrogen functional groups attached to an aromatic ring is 1. The van der Waals surface area contributed by atoms with E-state index in [1.54, 1.807) is 19.2 Å².